The van der Waals surface area contributed by atoms with E-state index in [0.717, 1.165) is 0 Å². The van der Waals surface area contributed by atoms with Crippen LogP contribution in [0.3, 0.4) is 0 Å². The van der Waals surface area contributed by atoms with Crippen molar-refractivity contribution in [3.63, 3.8) is 0 Å². The molecule has 2 aromatic rings. The van der Waals surface area contributed by atoms with E-state index in [1.54, 1.807) is 48.5 Å². The molecule has 5 nitrogen and oxygen atoms in total. The summed E-state index contributed by atoms with van der Waals surface area (Å²) in [7, 11) is 0. The third-order valence-corrected chi connectivity index (χ3v) is 3.80. The lowest BCUT2D eigenvalue weighted by molar-refractivity contribution is -0.508. The number of fused-ring (bicyclic) bond motifs is 1. The van der Waals surface area contributed by atoms with Gasteiger partial charge in [0.05, 0.1) is 0 Å². The summed E-state index contributed by atoms with van der Waals surface area (Å²) in [5, 5.41) is 15.0. The van der Waals surface area contributed by atoms with Crippen molar-refractivity contribution in [3.8, 4) is 0 Å². The van der Waals surface area contributed by atoms with Gasteiger partial charge in [0.1, 0.15) is 6.04 Å². The van der Waals surface area contributed by atoms with Gasteiger partial charge in [0.2, 0.25) is 5.78 Å². The number of carbonyl (C=O) groups excluding carboxylic acids is 1. The zero-order valence-corrected chi connectivity index (χ0v) is 11.6. The smallest absolute Gasteiger partial charge is 0.298 e. The molecule has 0 radical (unpaired) electrons. The third-order valence-electron chi connectivity index (χ3n) is 3.54. The quantitative estimate of drug-likeness (QED) is 0.682. The Balaban J connectivity index is 2.09. The van der Waals surface area contributed by atoms with Gasteiger partial charge in [-0.2, -0.15) is 0 Å². The number of halogens is 1. The summed E-state index contributed by atoms with van der Waals surface area (Å²) in [6.07, 6.45) is 0. The first-order chi connectivity index (χ1) is 10.1. The Kier molecular flexibility index (Phi) is 3.35. The molecule has 3 rings (SSSR count). The van der Waals surface area contributed by atoms with Gasteiger partial charge in [-0.25, -0.2) is 0 Å². The average molecular weight is 303 g/mol. The lowest BCUT2D eigenvalue weighted by Crippen LogP contribution is -2.43. The largest absolute Gasteiger partial charge is 0.371 e. The van der Waals surface area contributed by atoms with Crippen molar-refractivity contribution < 1.29 is 9.72 Å². The maximum atomic E-state index is 12.4. The molecule has 106 valence electrons. The summed E-state index contributed by atoms with van der Waals surface area (Å²) in [4.78, 5) is 23.2. The third kappa shape index (κ3) is 2.36. The predicted octanol–water partition coefficient (Wildman–Crippen LogP) is 3.33. The average Bonchev–Trinajstić information content (AvgIpc) is 2.47. The van der Waals surface area contributed by atoms with Crippen LogP contribution in [0.4, 0.5) is 5.69 Å². The first-order valence-corrected chi connectivity index (χ1v) is 6.74. The summed E-state index contributed by atoms with van der Waals surface area (Å²) >= 11 is 5.84. The molecule has 21 heavy (non-hydrogen) atoms. The minimum Gasteiger partial charge on any atom is -0.371 e. The molecule has 0 saturated heterocycles. The Hall–Kier alpha value is -2.40. The topological polar surface area (TPSA) is 72.2 Å². The number of Topliss-reactive ketones (excluding diaryl/α,β-unsaturated/α-hetero) is 1. The maximum absolute atomic E-state index is 12.4. The van der Waals surface area contributed by atoms with Gasteiger partial charge >= 0.3 is 0 Å². The summed E-state index contributed by atoms with van der Waals surface area (Å²) in [5.74, 6) is -0.477. The molecule has 0 aromatic heterocycles. The number of nitro groups is 1. The molecule has 1 aliphatic heterocycles. The van der Waals surface area contributed by atoms with E-state index in [4.69, 9.17) is 11.6 Å². The molecule has 0 bridgehead atoms. The fourth-order valence-corrected chi connectivity index (χ4v) is 2.66. The molecule has 0 fully saturated rings. The molecular formula is C15H11ClN2O3. The van der Waals surface area contributed by atoms with E-state index in [9.17, 15) is 14.9 Å². The molecule has 0 spiro atoms. The monoisotopic (exact) mass is 302 g/mol. The molecular weight excluding hydrogens is 292 g/mol. The van der Waals surface area contributed by atoms with Crippen molar-refractivity contribution in [2.24, 2.45) is 0 Å². The highest BCUT2D eigenvalue weighted by Crippen LogP contribution is 2.34. The fraction of sp³-hybridized carbons (Fsp3) is 0.133. The van der Waals surface area contributed by atoms with E-state index < -0.39 is 22.8 Å². The minimum absolute atomic E-state index is 0.351. The normalized spacial score (nSPS) is 20.5. The molecule has 0 saturated carbocycles. The number of para-hydroxylation sites is 1. The first-order valence-electron chi connectivity index (χ1n) is 6.36. The first kappa shape index (κ1) is 13.6. The van der Waals surface area contributed by atoms with Crippen LogP contribution in [0.15, 0.2) is 48.5 Å². The van der Waals surface area contributed by atoms with Gasteiger partial charge < -0.3 is 5.32 Å². The van der Waals surface area contributed by atoms with Crippen LogP contribution >= 0.6 is 11.6 Å². The van der Waals surface area contributed by atoms with Crippen molar-refractivity contribution in [2.45, 2.75) is 12.1 Å². The van der Waals surface area contributed by atoms with Crippen molar-refractivity contribution in [1.82, 2.24) is 0 Å². The number of nitrogens with zero attached hydrogens (tertiary/aromatic N) is 1. The number of hydrogen-bond acceptors (Lipinski definition) is 4. The second-order valence-corrected chi connectivity index (χ2v) is 5.25. The maximum Gasteiger partial charge on any atom is 0.298 e. The number of benzene rings is 2. The Morgan fingerprint density at radius 2 is 1.76 bits per heavy atom. The lowest BCUT2D eigenvalue weighted by atomic mass is 9.88. The van der Waals surface area contributed by atoms with Crippen LogP contribution in [0.1, 0.15) is 22.0 Å². The highest BCUT2D eigenvalue weighted by molar-refractivity contribution is 6.30. The Bertz CT molecular complexity index is 715. The molecule has 0 aliphatic carbocycles. The number of rotatable bonds is 2. The fourth-order valence-electron chi connectivity index (χ4n) is 2.53. The molecule has 1 N–H and O–H groups in total. The summed E-state index contributed by atoms with van der Waals surface area (Å²) in [6, 6.07) is 11.4. The number of hydrogen-bond donors (Lipinski definition) is 1. The molecule has 1 heterocycles. The van der Waals surface area contributed by atoms with E-state index in [1.165, 1.54) is 0 Å². The van der Waals surface area contributed by atoms with E-state index in [-0.39, 0.29) is 0 Å². The molecule has 6 heteroatoms. The van der Waals surface area contributed by atoms with E-state index in [1.807, 2.05) is 0 Å². The molecule has 0 amide bonds. The number of nitrogens with one attached hydrogen (secondary N) is 1. The number of anilines is 1. The zero-order chi connectivity index (χ0) is 15.0. The molecule has 2 aromatic carbocycles. The second-order valence-electron chi connectivity index (χ2n) is 4.81. The number of carbonyl (C=O) groups is 1. The second kappa shape index (κ2) is 5.18. The highest BCUT2D eigenvalue weighted by atomic mass is 35.5. The van der Waals surface area contributed by atoms with Crippen LogP contribution < -0.4 is 5.32 Å². The van der Waals surface area contributed by atoms with Crippen LogP contribution in [-0.2, 0) is 0 Å². The van der Waals surface area contributed by atoms with E-state index in [0.29, 0.717) is 21.8 Å². The SMILES string of the molecule is O=C1c2ccccc2N[C@H](c2ccc(Cl)cc2)[C@H]1[N+](=O)[O-]. The van der Waals surface area contributed by atoms with Gasteiger partial charge in [-0.3, -0.25) is 14.9 Å². The zero-order valence-electron chi connectivity index (χ0n) is 10.8. The standard InChI is InChI=1S/C15H11ClN2O3/c16-10-7-5-9(6-8-10)13-14(18(20)21)15(19)11-3-1-2-4-12(11)17-13/h1-8,13-14,17H/t13-,14-/m1/s1. The molecule has 0 unspecified atom stereocenters. The minimum atomic E-state index is -1.35. The van der Waals surface area contributed by atoms with Crippen molar-refractivity contribution >= 4 is 23.1 Å². The van der Waals surface area contributed by atoms with Gasteiger partial charge in [0.15, 0.2) is 0 Å². The summed E-state index contributed by atoms with van der Waals surface area (Å²) in [5.41, 5.74) is 1.62. The summed E-state index contributed by atoms with van der Waals surface area (Å²) in [6.45, 7) is 0. The van der Waals surface area contributed by atoms with Gasteiger partial charge in [0, 0.05) is 21.2 Å². The molecule has 1 aliphatic rings. The van der Waals surface area contributed by atoms with Gasteiger partial charge in [-0.05, 0) is 29.8 Å². The van der Waals surface area contributed by atoms with Crippen LogP contribution in [0.2, 0.25) is 5.02 Å². The Morgan fingerprint density at radius 1 is 1.10 bits per heavy atom. The summed E-state index contributed by atoms with van der Waals surface area (Å²) < 4.78 is 0. The van der Waals surface area contributed by atoms with E-state index >= 15 is 0 Å². The van der Waals surface area contributed by atoms with Crippen molar-refractivity contribution in [1.29, 1.82) is 0 Å². The van der Waals surface area contributed by atoms with Crippen LogP contribution in [0.5, 0.6) is 0 Å². The predicted molar refractivity (Wildman–Crippen MR) is 79.4 cm³/mol. The Labute approximate surface area is 125 Å². The van der Waals surface area contributed by atoms with Crippen LogP contribution in [0.25, 0.3) is 0 Å². The number of ketones is 1. The Morgan fingerprint density at radius 3 is 2.43 bits per heavy atom. The van der Waals surface area contributed by atoms with Gasteiger partial charge in [-0.15, -0.1) is 0 Å². The van der Waals surface area contributed by atoms with Crippen molar-refractivity contribution in [2.75, 3.05) is 5.32 Å². The highest BCUT2D eigenvalue weighted by Gasteiger charge is 2.44. The molecule has 2 atom stereocenters. The lowest BCUT2D eigenvalue weighted by Gasteiger charge is -2.28. The van der Waals surface area contributed by atoms with Gasteiger partial charge in [0.25, 0.3) is 6.04 Å². The van der Waals surface area contributed by atoms with Gasteiger partial charge in [-0.1, -0.05) is 35.9 Å². The van der Waals surface area contributed by atoms with Crippen LogP contribution in [0, 0.1) is 10.1 Å². The van der Waals surface area contributed by atoms with Crippen LogP contribution in [-0.4, -0.2) is 16.7 Å². The van der Waals surface area contributed by atoms with E-state index in [2.05, 4.69) is 5.32 Å². The van der Waals surface area contributed by atoms with Crippen molar-refractivity contribution in [3.05, 3.63) is 74.8 Å².